The highest BCUT2D eigenvalue weighted by atomic mass is 19.4. The van der Waals surface area contributed by atoms with Crippen molar-refractivity contribution in [1.29, 1.82) is 0 Å². The van der Waals surface area contributed by atoms with Crippen molar-refractivity contribution in [1.82, 2.24) is 0 Å². The molecule has 18 heavy (non-hydrogen) atoms. The lowest BCUT2D eigenvalue weighted by molar-refractivity contribution is -0.137. The largest absolute Gasteiger partial charge is 0.416 e. The molecule has 3 unspecified atom stereocenters. The Labute approximate surface area is 101 Å². The summed E-state index contributed by atoms with van der Waals surface area (Å²) in [4.78, 5) is 13.4. The number of fused-ring (bicyclic) bond motifs is 1. The van der Waals surface area contributed by atoms with Gasteiger partial charge in [-0.25, -0.2) is 0 Å². The standard InChI is InChI=1S/C12H11F3N2O/c13-12(14,15)6-1-3-7(4-2-6)17-5-8-9(10(8)16)11(17)18/h1-4,8-10H,5,16H2. The molecule has 96 valence electrons. The summed E-state index contributed by atoms with van der Waals surface area (Å²) < 4.78 is 37.2. The number of carbonyl (C=O) groups excluding carboxylic acids is 1. The summed E-state index contributed by atoms with van der Waals surface area (Å²) in [7, 11) is 0. The summed E-state index contributed by atoms with van der Waals surface area (Å²) in [5.41, 5.74) is 5.49. The van der Waals surface area contributed by atoms with Crippen molar-refractivity contribution < 1.29 is 18.0 Å². The number of anilines is 1. The number of nitrogens with two attached hydrogens (primary N) is 1. The highest BCUT2D eigenvalue weighted by Gasteiger charge is 2.60. The quantitative estimate of drug-likeness (QED) is 0.830. The lowest BCUT2D eigenvalue weighted by atomic mass is 10.2. The Balaban J connectivity index is 1.81. The van der Waals surface area contributed by atoms with Crippen LogP contribution < -0.4 is 10.6 Å². The van der Waals surface area contributed by atoms with E-state index in [4.69, 9.17) is 5.73 Å². The molecule has 2 aliphatic rings. The number of hydrogen-bond acceptors (Lipinski definition) is 2. The zero-order valence-corrected chi connectivity index (χ0v) is 9.32. The fourth-order valence-corrected chi connectivity index (χ4v) is 2.53. The van der Waals surface area contributed by atoms with Crippen LogP contribution in [0.5, 0.6) is 0 Å². The molecule has 0 bridgehead atoms. The average Bonchev–Trinajstić information content (AvgIpc) is 2.79. The first kappa shape index (κ1) is 11.5. The maximum atomic E-state index is 12.4. The van der Waals surface area contributed by atoms with Crippen molar-refractivity contribution in [2.24, 2.45) is 17.6 Å². The number of piperidine rings is 1. The summed E-state index contributed by atoms with van der Waals surface area (Å²) in [5, 5.41) is 0. The van der Waals surface area contributed by atoms with E-state index in [-0.39, 0.29) is 23.8 Å². The van der Waals surface area contributed by atoms with Gasteiger partial charge < -0.3 is 10.6 Å². The molecule has 0 aromatic heterocycles. The van der Waals surface area contributed by atoms with E-state index in [9.17, 15) is 18.0 Å². The Morgan fingerprint density at radius 2 is 1.83 bits per heavy atom. The Morgan fingerprint density at radius 3 is 2.28 bits per heavy atom. The zero-order valence-electron chi connectivity index (χ0n) is 9.32. The molecular formula is C12H11F3N2O. The second kappa shape index (κ2) is 3.47. The van der Waals surface area contributed by atoms with Crippen molar-refractivity contribution in [2.75, 3.05) is 11.4 Å². The van der Waals surface area contributed by atoms with Crippen LogP contribution in [0.4, 0.5) is 18.9 Å². The molecule has 6 heteroatoms. The van der Waals surface area contributed by atoms with Crippen molar-refractivity contribution >= 4 is 11.6 Å². The number of alkyl halides is 3. The molecule has 3 nitrogen and oxygen atoms in total. The third-order valence-corrected chi connectivity index (χ3v) is 3.68. The number of halogens is 3. The SMILES string of the molecule is NC1C2CN(c3ccc(C(F)(F)F)cc3)C(=O)C12. The predicted octanol–water partition coefficient (Wildman–Crippen LogP) is 1.63. The lowest BCUT2D eigenvalue weighted by Gasteiger charge is -2.20. The molecule has 3 rings (SSSR count). The maximum absolute atomic E-state index is 12.4. The first-order valence-electron chi connectivity index (χ1n) is 5.64. The Kier molecular flexibility index (Phi) is 2.22. The Morgan fingerprint density at radius 1 is 1.22 bits per heavy atom. The van der Waals surface area contributed by atoms with Gasteiger partial charge in [-0.3, -0.25) is 4.79 Å². The van der Waals surface area contributed by atoms with E-state index in [1.807, 2.05) is 0 Å². The van der Waals surface area contributed by atoms with Gasteiger partial charge in [0.05, 0.1) is 11.5 Å². The van der Waals surface area contributed by atoms with Gasteiger partial charge in [0.25, 0.3) is 0 Å². The molecule has 3 atom stereocenters. The van der Waals surface area contributed by atoms with Gasteiger partial charge >= 0.3 is 6.18 Å². The topological polar surface area (TPSA) is 46.3 Å². The van der Waals surface area contributed by atoms with E-state index in [0.29, 0.717) is 12.2 Å². The maximum Gasteiger partial charge on any atom is 0.416 e. The van der Waals surface area contributed by atoms with Crippen LogP contribution in [-0.2, 0) is 11.0 Å². The minimum Gasteiger partial charge on any atom is -0.327 e. The zero-order chi connectivity index (χ0) is 13.1. The molecule has 1 saturated carbocycles. The highest BCUT2D eigenvalue weighted by Crippen LogP contribution is 2.46. The van der Waals surface area contributed by atoms with Crippen LogP contribution >= 0.6 is 0 Å². The smallest absolute Gasteiger partial charge is 0.327 e. The molecule has 1 heterocycles. The number of benzene rings is 1. The van der Waals surface area contributed by atoms with Gasteiger partial charge in [0.2, 0.25) is 5.91 Å². The number of nitrogens with zero attached hydrogens (tertiary/aromatic N) is 1. The summed E-state index contributed by atoms with van der Waals surface area (Å²) in [6.45, 7) is 0.510. The van der Waals surface area contributed by atoms with Crippen molar-refractivity contribution in [3.05, 3.63) is 29.8 Å². The number of carbonyl (C=O) groups is 1. The van der Waals surface area contributed by atoms with E-state index in [2.05, 4.69) is 0 Å². The minimum atomic E-state index is -4.35. The molecule has 2 fully saturated rings. The van der Waals surface area contributed by atoms with Gasteiger partial charge in [-0.15, -0.1) is 0 Å². The summed E-state index contributed by atoms with van der Waals surface area (Å²) >= 11 is 0. The molecular weight excluding hydrogens is 245 g/mol. The Hall–Kier alpha value is -1.56. The van der Waals surface area contributed by atoms with Gasteiger partial charge in [0, 0.05) is 24.2 Å². The monoisotopic (exact) mass is 256 g/mol. The van der Waals surface area contributed by atoms with E-state index < -0.39 is 11.7 Å². The molecule has 0 spiro atoms. The molecule has 1 aliphatic heterocycles. The van der Waals surface area contributed by atoms with Crippen molar-refractivity contribution in [3.8, 4) is 0 Å². The lowest BCUT2D eigenvalue weighted by Crippen LogP contribution is -2.33. The average molecular weight is 256 g/mol. The third kappa shape index (κ3) is 1.59. The first-order chi connectivity index (χ1) is 8.39. The van der Waals surface area contributed by atoms with Crippen LogP contribution in [-0.4, -0.2) is 18.5 Å². The molecule has 1 amide bonds. The van der Waals surface area contributed by atoms with Crippen LogP contribution in [0.15, 0.2) is 24.3 Å². The van der Waals surface area contributed by atoms with Gasteiger partial charge in [-0.1, -0.05) is 0 Å². The molecule has 1 aromatic rings. The van der Waals surface area contributed by atoms with E-state index in [1.165, 1.54) is 17.0 Å². The molecule has 1 aromatic carbocycles. The Bertz CT molecular complexity index is 497. The van der Waals surface area contributed by atoms with E-state index in [1.54, 1.807) is 0 Å². The summed E-state index contributed by atoms with van der Waals surface area (Å²) in [6, 6.07) is 4.58. The van der Waals surface area contributed by atoms with Gasteiger partial charge in [-0.05, 0) is 24.3 Å². The van der Waals surface area contributed by atoms with E-state index in [0.717, 1.165) is 12.1 Å². The first-order valence-corrected chi connectivity index (χ1v) is 5.64. The molecule has 2 N–H and O–H groups in total. The number of amides is 1. The van der Waals surface area contributed by atoms with Crippen molar-refractivity contribution in [3.63, 3.8) is 0 Å². The van der Waals surface area contributed by atoms with Crippen LogP contribution in [0.25, 0.3) is 0 Å². The number of rotatable bonds is 1. The van der Waals surface area contributed by atoms with Crippen LogP contribution in [0.1, 0.15) is 5.56 Å². The second-order valence-electron chi connectivity index (χ2n) is 4.76. The van der Waals surface area contributed by atoms with Gasteiger partial charge in [0.15, 0.2) is 0 Å². The fraction of sp³-hybridized carbons (Fsp3) is 0.417. The minimum absolute atomic E-state index is 0.0665. The second-order valence-corrected chi connectivity index (χ2v) is 4.76. The molecule has 1 saturated heterocycles. The van der Waals surface area contributed by atoms with Crippen LogP contribution in [0, 0.1) is 11.8 Å². The van der Waals surface area contributed by atoms with Gasteiger partial charge in [0.1, 0.15) is 0 Å². The van der Waals surface area contributed by atoms with Crippen LogP contribution in [0.2, 0.25) is 0 Å². The third-order valence-electron chi connectivity index (χ3n) is 3.68. The fourth-order valence-electron chi connectivity index (χ4n) is 2.53. The van der Waals surface area contributed by atoms with Crippen LogP contribution in [0.3, 0.4) is 0 Å². The summed E-state index contributed by atoms with van der Waals surface area (Å²) in [5.74, 6) is -0.0423. The summed E-state index contributed by atoms with van der Waals surface area (Å²) in [6.07, 6.45) is -4.35. The van der Waals surface area contributed by atoms with E-state index >= 15 is 0 Å². The highest BCUT2D eigenvalue weighted by molar-refractivity contribution is 6.00. The number of hydrogen-bond donors (Lipinski definition) is 1. The van der Waals surface area contributed by atoms with Crippen molar-refractivity contribution in [2.45, 2.75) is 12.2 Å². The van der Waals surface area contributed by atoms with Gasteiger partial charge in [-0.2, -0.15) is 13.2 Å². The normalized spacial score (nSPS) is 30.6. The predicted molar refractivity (Wildman–Crippen MR) is 58.8 cm³/mol. The molecule has 0 radical (unpaired) electrons. The molecule has 1 aliphatic carbocycles.